The van der Waals surface area contributed by atoms with Gasteiger partial charge in [-0.3, -0.25) is 48.5 Å². The van der Waals surface area contributed by atoms with Crippen LogP contribution in [0.15, 0.2) is 195 Å². The summed E-state index contributed by atoms with van der Waals surface area (Å²) in [6.45, 7) is 24.4. The summed E-state index contributed by atoms with van der Waals surface area (Å²) in [4.78, 5) is 117. The van der Waals surface area contributed by atoms with Crippen LogP contribution in [0.4, 0.5) is 0 Å². The number of methoxy groups -OCH3 is 2. The fraction of sp³-hybridized carbons (Fsp3) is 0.408. The molecule has 16 rings (SSSR count). The zero-order valence-electron chi connectivity index (χ0n) is 74.3. The summed E-state index contributed by atoms with van der Waals surface area (Å²) >= 11 is 5.74. The molecule has 7 aliphatic rings. The highest BCUT2D eigenvalue weighted by molar-refractivity contribution is 6.17. The molecule has 9 heterocycles. The second-order valence-corrected chi connectivity index (χ2v) is 31.9. The molecule has 2 atom stereocenters. The second-order valence-electron chi connectivity index (χ2n) is 31.6. The SMILES string of the molecule is COC(=O)c1ccc(O)cn1.COC(=O)c1ccc(OCc2ccc(CN3CCOCC3)cc2)cn1.ClCc1ccc(CN2CCOCC2)cc1.NC1CCC(=O)CC1=O.O=C(O)c1ccc(OCc2ccc(CN3CCOCC3)cc2)cn1.O=C1CCC(NC(=O)c2ccc(OCc3ccc(CN4CCOCC4)cc3)cn2)C(=O)C1.OCc1ccc(CN2CCOCC2)cc1. The minimum atomic E-state index is -1.04. The molecule has 2 unspecified atom stereocenters. The van der Waals surface area contributed by atoms with E-state index in [1.165, 1.54) is 90.6 Å². The molecule has 5 aliphatic heterocycles. The minimum absolute atomic E-state index is 0.00909. The van der Waals surface area contributed by atoms with Crippen molar-refractivity contribution in [3.05, 3.63) is 273 Å². The summed E-state index contributed by atoms with van der Waals surface area (Å²) in [7, 11) is 2.61. The summed E-state index contributed by atoms with van der Waals surface area (Å²) in [6, 6.07) is 53.1. The number of carbonyl (C=O) groups excluding carboxylic acids is 7. The van der Waals surface area contributed by atoms with E-state index >= 15 is 0 Å². The van der Waals surface area contributed by atoms with Crippen molar-refractivity contribution in [3.63, 3.8) is 0 Å². The number of aromatic hydroxyl groups is 1. The van der Waals surface area contributed by atoms with Crippen LogP contribution in [0.1, 0.15) is 136 Å². The van der Waals surface area contributed by atoms with Crippen molar-refractivity contribution in [2.75, 3.05) is 146 Å². The van der Waals surface area contributed by atoms with E-state index in [9.17, 15) is 38.4 Å². The molecule has 0 bridgehead atoms. The number of halogens is 1. The third-order valence-corrected chi connectivity index (χ3v) is 22.0. The van der Waals surface area contributed by atoms with Gasteiger partial charge in [0.05, 0.1) is 137 Å². The Balaban J connectivity index is 0.000000165. The summed E-state index contributed by atoms with van der Waals surface area (Å²) in [5, 5.41) is 29.2. The van der Waals surface area contributed by atoms with Crippen molar-refractivity contribution in [2.45, 2.75) is 116 Å². The van der Waals surface area contributed by atoms with Crippen molar-refractivity contribution in [1.29, 1.82) is 0 Å². The van der Waals surface area contributed by atoms with Crippen molar-refractivity contribution in [3.8, 4) is 23.0 Å². The Labute approximate surface area is 768 Å². The average molecular weight is 1820 g/mol. The Kier molecular flexibility index (Phi) is 43.4. The number of nitrogens with zero attached hydrogens (tertiary/aromatic N) is 9. The Morgan fingerprint density at radius 3 is 0.977 bits per heavy atom. The number of aromatic carboxylic acids is 1. The van der Waals surface area contributed by atoms with E-state index in [4.69, 9.17) is 70.5 Å². The average Bonchev–Trinajstić information content (AvgIpc) is 0.849. The van der Waals surface area contributed by atoms with E-state index in [0.29, 0.717) is 68.6 Å². The zero-order chi connectivity index (χ0) is 92.7. The molecule has 4 aromatic heterocycles. The van der Waals surface area contributed by atoms with Crippen LogP contribution in [0.2, 0.25) is 0 Å². The van der Waals surface area contributed by atoms with Gasteiger partial charge in [-0.05, 0) is 117 Å². The summed E-state index contributed by atoms with van der Waals surface area (Å²) < 4.78 is 52.9. The number of morpholine rings is 5. The summed E-state index contributed by atoms with van der Waals surface area (Å²) in [6.07, 6.45) is 7.25. The number of rotatable bonds is 26. The first-order valence-corrected chi connectivity index (χ1v) is 44.3. The normalized spacial score (nSPS) is 17.3. The zero-order valence-corrected chi connectivity index (χ0v) is 75.0. The Bertz CT molecular complexity index is 4880. The molecular formula is C98H118ClN11O21. The van der Waals surface area contributed by atoms with Gasteiger partial charge < -0.3 is 73.7 Å². The van der Waals surface area contributed by atoms with Gasteiger partial charge in [-0.2, -0.15) is 0 Å². The second kappa shape index (κ2) is 56.1. The van der Waals surface area contributed by atoms with E-state index in [2.05, 4.69) is 168 Å². The quantitative estimate of drug-likeness (QED) is 0.0191. The van der Waals surface area contributed by atoms with E-state index in [1.54, 1.807) is 30.3 Å². The van der Waals surface area contributed by atoms with Crippen molar-refractivity contribution in [2.24, 2.45) is 5.73 Å². The standard InChI is InChI=1S/C24H27N3O5.C19H22N2O4.C18H20N2O4.C12H16ClNO.C12H17NO2.C7H7NO3.C6H9NO2/c28-19-5-7-21(23(29)13-19)26-24(30)22-8-6-20(14-25-22)32-16-18-3-1-17(2-4-18)15-27-9-11-31-12-10-27;1-23-19(22)18-7-6-17(12-20-18)25-14-16-4-2-15(3-5-16)13-21-8-10-24-11-9-21;21-18(22)17-6-5-16(11-19-17)24-13-15-3-1-14(2-4-15)12-20-7-9-23-10-8-20;13-9-11-1-3-12(4-2-11)10-14-5-7-15-8-6-14;14-10-12-3-1-11(2-4-12)9-13-5-7-15-8-6-13;1-11-7(10)6-3-2-5(9)4-8-6;7-5-2-1-4(8)3-6(5)9/h1-4,6,8,14,21H,5,7,9-13,15-16H2,(H,26,30);2-7,12H,8-11,13-14H2,1H3;1-6,11H,7-10,12-13H2,(H,21,22);1-4H,5-10H2;1-4,14H,5-10H2;2-4,9H,1H3;5H,1-3,7H2. The number of esters is 2. The van der Waals surface area contributed by atoms with Crippen LogP contribution >= 0.6 is 11.6 Å². The Morgan fingerprint density at radius 1 is 0.397 bits per heavy atom. The molecule has 9 aromatic rings. The van der Waals surface area contributed by atoms with E-state index in [-0.39, 0.29) is 77.1 Å². The van der Waals surface area contributed by atoms with Crippen LogP contribution in [-0.4, -0.2) is 265 Å². The molecule has 0 spiro atoms. The number of aliphatic hydroxyl groups is 1. The highest BCUT2D eigenvalue weighted by Gasteiger charge is 2.29. The molecule has 2 saturated carbocycles. The Morgan fingerprint density at radius 2 is 0.695 bits per heavy atom. The highest BCUT2D eigenvalue weighted by Crippen LogP contribution is 2.22. The molecule has 6 N–H and O–H groups in total. The third kappa shape index (κ3) is 37.2. The van der Waals surface area contributed by atoms with Crippen LogP contribution in [0.3, 0.4) is 0 Å². The van der Waals surface area contributed by atoms with Gasteiger partial charge in [-0.15, -0.1) is 11.6 Å². The van der Waals surface area contributed by atoms with Crippen molar-refractivity contribution >= 4 is 58.5 Å². The van der Waals surface area contributed by atoms with Crippen LogP contribution in [0.25, 0.3) is 0 Å². The van der Waals surface area contributed by atoms with Gasteiger partial charge >= 0.3 is 17.9 Å². The molecule has 2 aliphatic carbocycles. The summed E-state index contributed by atoms with van der Waals surface area (Å²) in [5.74, 6) is -0.494. The predicted molar refractivity (Wildman–Crippen MR) is 486 cm³/mol. The Hall–Kier alpha value is -11.7. The third-order valence-electron chi connectivity index (χ3n) is 21.7. The number of benzene rings is 5. The topological polar surface area (TPSA) is 395 Å². The molecule has 0 radical (unpaired) electrons. The molecule has 33 heteroatoms. The number of Topliss-reactive ketones (excluding diaryl/α,β-unsaturated/α-hetero) is 4. The number of hydrogen-bond donors (Lipinski definition) is 5. The fourth-order valence-electron chi connectivity index (χ4n) is 13.9. The first kappa shape index (κ1) is 101. The molecular weight excluding hydrogens is 1700 g/mol. The van der Waals surface area contributed by atoms with E-state index < -0.39 is 29.9 Å². The van der Waals surface area contributed by atoms with Gasteiger partial charge in [0.15, 0.2) is 11.6 Å². The fourth-order valence-corrected chi connectivity index (χ4v) is 14.1. The van der Waals surface area contributed by atoms with Crippen molar-refractivity contribution < 1.29 is 101 Å². The number of nitrogens with two attached hydrogens (primary N) is 1. The highest BCUT2D eigenvalue weighted by atomic mass is 35.5. The van der Waals surface area contributed by atoms with Crippen LogP contribution in [-0.2, 0) is 117 Å². The molecule has 32 nitrogen and oxygen atoms in total. The lowest BCUT2D eigenvalue weighted by Gasteiger charge is -2.26. The van der Waals surface area contributed by atoms with Crippen molar-refractivity contribution in [1.82, 2.24) is 49.8 Å². The van der Waals surface area contributed by atoms with Gasteiger partial charge in [0.25, 0.3) is 5.91 Å². The lowest BCUT2D eigenvalue weighted by molar-refractivity contribution is -0.132. The number of ketones is 4. The number of carboxylic acids is 1. The maximum Gasteiger partial charge on any atom is 0.356 e. The molecule has 7 fully saturated rings. The largest absolute Gasteiger partial charge is 0.506 e. The number of pyridine rings is 4. The molecule has 698 valence electrons. The van der Waals surface area contributed by atoms with Crippen LogP contribution in [0, 0.1) is 0 Å². The molecule has 5 aromatic carbocycles. The van der Waals surface area contributed by atoms with Crippen LogP contribution in [0.5, 0.6) is 23.0 Å². The van der Waals surface area contributed by atoms with E-state index in [1.807, 2.05) is 12.1 Å². The number of carbonyl (C=O) groups is 8. The minimum Gasteiger partial charge on any atom is -0.506 e. The number of amides is 1. The lowest BCUT2D eigenvalue weighted by atomic mass is 9.93. The maximum absolute atomic E-state index is 12.3. The number of ether oxygens (including phenoxy) is 10. The molecule has 1 amide bonds. The van der Waals surface area contributed by atoms with Gasteiger partial charge in [-0.25, -0.2) is 34.3 Å². The number of hydrogen-bond acceptors (Lipinski definition) is 30. The first-order chi connectivity index (χ1) is 63.7. The number of alkyl halides is 1. The first-order valence-electron chi connectivity index (χ1n) is 43.8. The van der Waals surface area contributed by atoms with Gasteiger partial charge in [-0.1, -0.05) is 121 Å². The van der Waals surface area contributed by atoms with Gasteiger partial charge in [0.2, 0.25) is 0 Å². The van der Waals surface area contributed by atoms with Gasteiger partial charge in [0, 0.05) is 117 Å². The monoisotopic (exact) mass is 1820 g/mol. The number of aromatic nitrogens is 4. The van der Waals surface area contributed by atoms with Gasteiger partial charge in [0.1, 0.15) is 77.2 Å². The lowest BCUT2D eigenvalue weighted by Crippen LogP contribution is -2.44. The maximum atomic E-state index is 12.3. The number of carboxylic acid groups (broad SMARTS) is 1. The number of aliphatic hydroxyl groups excluding tert-OH is 1. The van der Waals surface area contributed by atoms with E-state index in [0.717, 1.165) is 186 Å². The summed E-state index contributed by atoms with van der Waals surface area (Å²) in [5.41, 5.74) is 17.8. The van der Waals surface area contributed by atoms with Crippen LogP contribution < -0.4 is 25.3 Å². The molecule has 5 saturated heterocycles. The number of nitrogens with one attached hydrogen (secondary N) is 1. The molecule has 131 heavy (non-hydrogen) atoms. The predicted octanol–water partition coefficient (Wildman–Crippen LogP) is 9.86. The smallest absolute Gasteiger partial charge is 0.356 e.